The number of carbonyl (C=O) groups is 1. The van der Waals surface area contributed by atoms with Gasteiger partial charge < -0.3 is 4.74 Å². The highest BCUT2D eigenvalue weighted by molar-refractivity contribution is 6.33. The Morgan fingerprint density at radius 3 is 2.56 bits per heavy atom. The maximum Gasteiger partial charge on any atom is 0.156 e. The maximum atomic E-state index is 10.9. The summed E-state index contributed by atoms with van der Waals surface area (Å²) in [5.41, 5.74) is 1.42. The summed E-state index contributed by atoms with van der Waals surface area (Å²) in [5.74, 6) is 0.790. The second-order valence-electron chi connectivity index (χ2n) is 3.81. The summed E-state index contributed by atoms with van der Waals surface area (Å²) in [6.45, 7) is 1.93. The minimum absolute atomic E-state index is 0.319. The zero-order chi connectivity index (χ0) is 13.1. The van der Waals surface area contributed by atoms with E-state index in [0.717, 1.165) is 5.56 Å². The number of aldehydes is 1. The predicted octanol–water partition coefficient (Wildman–Crippen LogP) is 4.91. The molecule has 2 rings (SSSR count). The van der Waals surface area contributed by atoms with Crippen LogP contribution < -0.4 is 4.74 Å². The first kappa shape index (κ1) is 12.9. The molecule has 0 aliphatic rings. The lowest BCUT2D eigenvalue weighted by atomic mass is 10.2. The fraction of sp³-hybridized carbons (Fsp3) is 0.0714. The molecular formula is C14H10Cl2O2. The van der Waals surface area contributed by atoms with Crippen molar-refractivity contribution in [2.45, 2.75) is 6.92 Å². The van der Waals surface area contributed by atoms with Gasteiger partial charge >= 0.3 is 0 Å². The third-order valence-electron chi connectivity index (χ3n) is 2.42. The second kappa shape index (κ2) is 5.42. The zero-order valence-electron chi connectivity index (χ0n) is 9.61. The molecule has 0 aromatic heterocycles. The molecule has 0 aliphatic carbocycles. The van der Waals surface area contributed by atoms with Gasteiger partial charge in [0.15, 0.2) is 12.0 Å². The summed E-state index contributed by atoms with van der Waals surface area (Å²) in [5, 5.41) is 0.850. The van der Waals surface area contributed by atoms with Crippen LogP contribution >= 0.6 is 23.2 Å². The van der Waals surface area contributed by atoms with Crippen LogP contribution in [0.1, 0.15) is 15.9 Å². The largest absolute Gasteiger partial charge is 0.453 e. The number of aryl methyl sites for hydroxylation is 1. The summed E-state index contributed by atoms with van der Waals surface area (Å²) < 4.78 is 5.62. The molecule has 0 N–H and O–H groups in total. The average molecular weight is 281 g/mol. The normalized spacial score (nSPS) is 10.2. The molecule has 0 amide bonds. The van der Waals surface area contributed by atoms with Gasteiger partial charge in [-0.3, -0.25) is 4.79 Å². The van der Waals surface area contributed by atoms with Gasteiger partial charge in [0.1, 0.15) is 5.75 Å². The summed E-state index contributed by atoms with van der Waals surface area (Å²) in [6.07, 6.45) is 0.698. The summed E-state index contributed by atoms with van der Waals surface area (Å²) >= 11 is 12.1. The van der Waals surface area contributed by atoms with Crippen molar-refractivity contribution in [3.05, 3.63) is 57.6 Å². The number of hydrogen-bond donors (Lipinski definition) is 0. The van der Waals surface area contributed by atoms with Gasteiger partial charge in [0, 0.05) is 0 Å². The van der Waals surface area contributed by atoms with Gasteiger partial charge in [-0.15, -0.1) is 0 Å². The number of carbonyl (C=O) groups excluding carboxylic acids is 1. The van der Waals surface area contributed by atoms with Crippen molar-refractivity contribution in [3.63, 3.8) is 0 Å². The van der Waals surface area contributed by atoms with Crippen LogP contribution in [-0.4, -0.2) is 6.29 Å². The van der Waals surface area contributed by atoms with E-state index >= 15 is 0 Å². The van der Waals surface area contributed by atoms with E-state index in [1.807, 2.05) is 13.0 Å². The van der Waals surface area contributed by atoms with Gasteiger partial charge in [-0.25, -0.2) is 0 Å². The quantitative estimate of drug-likeness (QED) is 0.747. The molecule has 0 fully saturated rings. The van der Waals surface area contributed by atoms with E-state index in [-0.39, 0.29) is 0 Å². The Morgan fingerprint density at radius 2 is 1.89 bits per heavy atom. The number of ether oxygens (including phenoxy) is 1. The van der Waals surface area contributed by atoms with Crippen LogP contribution in [0.2, 0.25) is 10.0 Å². The Balaban J connectivity index is 2.42. The summed E-state index contributed by atoms with van der Waals surface area (Å²) in [4.78, 5) is 10.9. The van der Waals surface area contributed by atoms with Gasteiger partial charge in [0.05, 0.1) is 15.6 Å². The number of benzene rings is 2. The van der Waals surface area contributed by atoms with Gasteiger partial charge in [-0.2, -0.15) is 0 Å². The number of rotatable bonds is 3. The van der Waals surface area contributed by atoms with Gasteiger partial charge in [-0.05, 0) is 36.8 Å². The maximum absolute atomic E-state index is 10.9. The van der Waals surface area contributed by atoms with Crippen LogP contribution in [0, 0.1) is 6.92 Å². The molecule has 2 aromatic carbocycles. The fourth-order valence-corrected chi connectivity index (χ4v) is 2.02. The predicted molar refractivity (Wildman–Crippen MR) is 73.1 cm³/mol. The molecule has 0 saturated heterocycles. The molecule has 92 valence electrons. The van der Waals surface area contributed by atoms with Crippen LogP contribution in [-0.2, 0) is 0 Å². The van der Waals surface area contributed by atoms with Crippen LogP contribution in [0.15, 0.2) is 36.4 Å². The molecule has 4 heteroatoms. The van der Waals surface area contributed by atoms with E-state index in [1.165, 1.54) is 0 Å². The molecule has 0 bridgehead atoms. The molecule has 0 radical (unpaired) electrons. The molecule has 0 spiro atoms. The Labute approximate surface area is 115 Å². The van der Waals surface area contributed by atoms with Crippen molar-refractivity contribution in [2.75, 3.05) is 0 Å². The molecule has 0 saturated carbocycles. The first-order valence-corrected chi connectivity index (χ1v) is 6.05. The van der Waals surface area contributed by atoms with E-state index in [4.69, 9.17) is 27.9 Å². The Hall–Kier alpha value is -1.51. The molecule has 2 aromatic rings. The zero-order valence-corrected chi connectivity index (χ0v) is 11.1. The first-order valence-electron chi connectivity index (χ1n) is 5.29. The molecule has 18 heavy (non-hydrogen) atoms. The molecule has 0 aliphatic heterocycles. The minimum atomic E-state index is 0.319. The lowest BCUT2D eigenvalue weighted by Crippen LogP contribution is -1.92. The first-order chi connectivity index (χ1) is 8.61. The van der Waals surface area contributed by atoms with Gasteiger partial charge in [-0.1, -0.05) is 35.3 Å². The highest BCUT2D eigenvalue weighted by atomic mass is 35.5. The fourth-order valence-electron chi connectivity index (χ4n) is 1.52. The topological polar surface area (TPSA) is 26.3 Å². The van der Waals surface area contributed by atoms with Gasteiger partial charge in [0.25, 0.3) is 0 Å². The second-order valence-corrected chi connectivity index (χ2v) is 4.63. The standard InChI is InChI=1S/C14H10Cl2O2/c1-9-5-6-13(12(16)7-9)18-14-10(8-17)3-2-4-11(14)15/h2-8H,1H3. The molecule has 2 nitrogen and oxygen atoms in total. The van der Waals surface area contributed by atoms with E-state index < -0.39 is 0 Å². The Morgan fingerprint density at radius 1 is 1.11 bits per heavy atom. The van der Waals surface area contributed by atoms with E-state index in [9.17, 15) is 4.79 Å². The number of para-hydroxylation sites is 1. The monoisotopic (exact) mass is 280 g/mol. The smallest absolute Gasteiger partial charge is 0.156 e. The average Bonchev–Trinajstić information content (AvgIpc) is 2.34. The van der Waals surface area contributed by atoms with Crippen molar-refractivity contribution in [1.29, 1.82) is 0 Å². The minimum Gasteiger partial charge on any atom is -0.453 e. The number of hydrogen-bond acceptors (Lipinski definition) is 2. The molecule has 0 unspecified atom stereocenters. The van der Waals surface area contributed by atoms with Crippen molar-refractivity contribution in [1.82, 2.24) is 0 Å². The van der Waals surface area contributed by atoms with E-state index in [1.54, 1.807) is 30.3 Å². The Kier molecular flexibility index (Phi) is 3.90. The van der Waals surface area contributed by atoms with Gasteiger partial charge in [0.2, 0.25) is 0 Å². The third kappa shape index (κ3) is 2.66. The van der Waals surface area contributed by atoms with Crippen LogP contribution in [0.5, 0.6) is 11.5 Å². The molecule has 0 atom stereocenters. The van der Waals surface area contributed by atoms with Crippen molar-refractivity contribution < 1.29 is 9.53 Å². The summed E-state index contributed by atoms with van der Waals surface area (Å²) in [7, 11) is 0. The number of halogens is 2. The third-order valence-corrected chi connectivity index (χ3v) is 3.02. The Bertz CT molecular complexity index is 594. The van der Waals surface area contributed by atoms with Crippen LogP contribution in [0.4, 0.5) is 0 Å². The molecular weight excluding hydrogens is 271 g/mol. The highest BCUT2D eigenvalue weighted by Crippen LogP contribution is 2.35. The van der Waals surface area contributed by atoms with Crippen molar-refractivity contribution in [2.24, 2.45) is 0 Å². The van der Waals surface area contributed by atoms with Crippen LogP contribution in [0.25, 0.3) is 0 Å². The van der Waals surface area contributed by atoms with E-state index in [0.29, 0.717) is 33.4 Å². The molecule has 0 heterocycles. The van der Waals surface area contributed by atoms with E-state index in [2.05, 4.69) is 0 Å². The van der Waals surface area contributed by atoms with Crippen molar-refractivity contribution in [3.8, 4) is 11.5 Å². The van der Waals surface area contributed by atoms with Crippen molar-refractivity contribution >= 4 is 29.5 Å². The van der Waals surface area contributed by atoms with Crippen LogP contribution in [0.3, 0.4) is 0 Å². The lowest BCUT2D eigenvalue weighted by Gasteiger charge is -2.11. The lowest BCUT2D eigenvalue weighted by molar-refractivity contribution is 0.112. The SMILES string of the molecule is Cc1ccc(Oc2c(Cl)cccc2C=O)c(Cl)c1. The summed E-state index contributed by atoms with van der Waals surface area (Å²) in [6, 6.07) is 10.4. The highest BCUT2D eigenvalue weighted by Gasteiger charge is 2.11.